The summed E-state index contributed by atoms with van der Waals surface area (Å²) in [5, 5.41) is 7.89. The molecule has 2 aromatic heterocycles. The number of aromatic nitrogens is 6. The molecule has 10 nitrogen and oxygen atoms in total. The summed E-state index contributed by atoms with van der Waals surface area (Å²) < 4.78 is 11.6. The lowest BCUT2D eigenvalue weighted by Crippen LogP contribution is -2.28. The van der Waals surface area contributed by atoms with Gasteiger partial charge in [-0.25, -0.2) is 4.79 Å². The number of esters is 1. The third kappa shape index (κ3) is 4.24. The van der Waals surface area contributed by atoms with Crippen LogP contribution in [0.1, 0.15) is 49.8 Å². The van der Waals surface area contributed by atoms with E-state index in [0.29, 0.717) is 11.6 Å². The van der Waals surface area contributed by atoms with Gasteiger partial charge in [0.2, 0.25) is 5.95 Å². The van der Waals surface area contributed by atoms with Gasteiger partial charge < -0.3 is 14.4 Å². The molecule has 0 saturated carbocycles. The molecule has 0 radical (unpaired) electrons. The van der Waals surface area contributed by atoms with Crippen molar-refractivity contribution in [1.82, 2.24) is 29.9 Å². The van der Waals surface area contributed by atoms with Crippen LogP contribution in [0.25, 0.3) is 5.95 Å². The fraction of sp³-hybridized carbons (Fsp3) is 0.625. The molecule has 0 aliphatic rings. The molecule has 26 heavy (non-hydrogen) atoms. The number of rotatable bonds is 9. The summed E-state index contributed by atoms with van der Waals surface area (Å²) in [5.74, 6) is 0.212. The van der Waals surface area contributed by atoms with E-state index in [9.17, 15) is 4.79 Å². The van der Waals surface area contributed by atoms with Crippen LogP contribution in [0.15, 0.2) is 0 Å². The van der Waals surface area contributed by atoms with Crippen LogP contribution in [0.2, 0.25) is 0 Å². The molecule has 0 aromatic carbocycles. The maximum Gasteiger partial charge on any atom is 0.360 e. The van der Waals surface area contributed by atoms with E-state index in [0.717, 1.165) is 25.9 Å². The molecule has 2 heterocycles. The third-order valence-electron chi connectivity index (χ3n) is 3.60. The second-order valence-corrected chi connectivity index (χ2v) is 5.56. The Balaban J connectivity index is 2.46. The van der Waals surface area contributed by atoms with E-state index in [1.54, 1.807) is 13.8 Å². The Hall–Kier alpha value is -2.78. The van der Waals surface area contributed by atoms with Gasteiger partial charge in [-0.05, 0) is 26.7 Å². The summed E-state index contributed by atoms with van der Waals surface area (Å²) in [4.78, 5) is 27.1. The van der Waals surface area contributed by atoms with Gasteiger partial charge >= 0.3 is 12.0 Å². The molecule has 2 rings (SSSR count). The van der Waals surface area contributed by atoms with Crippen molar-refractivity contribution in [2.45, 2.75) is 40.5 Å². The summed E-state index contributed by atoms with van der Waals surface area (Å²) in [6.07, 6.45) is 1.91. The quantitative estimate of drug-likeness (QED) is 0.613. The summed E-state index contributed by atoms with van der Waals surface area (Å²) in [6, 6.07) is 0.176. The van der Waals surface area contributed by atoms with Gasteiger partial charge in [0.15, 0.2) is 5.69 Å². The molecule has 0 fully saturated rings. The lowest BCUT2D eigenvalue weighted by Gasteiger charge is -2.21. The first kappa shape index (κ1) is 19.5. The van der Waals surface area contributed by atoms with Crippen molar-refractivity contribution < 1.29 is 14.3 Å². The van der Waals surface area contributed by atoms with Crippen LogP contribution in [-0.4, -0.2) is 62.7 Å². The topological polar surface area (TPSA) is 108 Å². The zero-order chi connectivity index (χ0) is 19.1. The Morgan fingerprint density at radius 3 is 2.38 bits per heavy atom. The van der Waals surface area contributed by atoms with Gasteiger partial charge in [-0.3, -0.25) is 0 Å². The average molecular weight is 363 g/mol. The number of hydrogen-bond donors (Lipinski definition) is 0. The highest BCUT2D eigenvalue weighted by atomic mass is 16.5. The third-order valence-corrected chi connectivity index (χ3v) is 3.60. The van der Waals surface area contributed by atoms with Gasteiger partial charge in [-0.15, -0.1) is 5.10 Å². The number of carbonyl (C=O) groups is 1. The number of ether oxygens (including phenoxy) is 2. The predicted molar refractivity (Wildman–Crippen MR) is 94.8 cm³/mol. The highest BCUT2D eigenvalue weighted by Gasteiger charge is 2.21. The van der Waals surface area contributed by atoms with Crippen molar-refractivity contribution in [1.29, 1.82) is 0 Å². The molecule has 142 valence electrons. The SMILES string of the molecule is CCCN(CCC)c1nc(OC)nc(-n2nnc(C(=O)OCC)c2C)n1. The van der Waals surface area contributed by atoms with E-state index in [2.05, 4.69) is 44.0 Å². The summed E-state index contributed by atoms with van der Waals surface area (Å²) >= 11 is 0. The van der Waals surface area contributed by atoms with Gasteiger partial charge in [0, 0.05) is 13.1 Å². The molecular weight excluding hydrogens is 338 g/mol. The van der Waals surface area contributed by atoms with Crippen molar-refractivity contribution in [3.8, 4) is 12.0 Å². The number of carbonyl (C=O) groups excluding carboxylic acids is 1. The Morgan fingerprint density at radius 2 is 1.81 bits per heavy atom. The molecule has 0 amide bonds. The molecule has 0 aliphatic heterocycles. The van der Waals surface area contributed by atoms with Gasteiger partial charge in [0.05, 0.1) is 19.4 Å². The fourth-order valence-corrected chi connectivity index (χ4v) is 2.42. The monoisotopic (exact) mass is 363 g/mol. The first-order chi connectivity index (χ1) is 12.5. The number of anilines is 1. The number of hydrogen-bond acceptors (Lipinski definition) is 9. The van der Waals surface area contributed by atoms with Crippen molar-refractivity contribution in [2.75, 3.05) is 31.7 Å². The minimum absolute atomic E-state index is 0.131. The van der Waals surface area contributed by atoms with Gasteiger partial charge in [-0.1, -0.05) is 19.1 Å². The van der Waals surface area contributed by atoms with Crippen LogP contribution in [-0.2, 0) is 4.74 Å². The molecule has 0 N–H and O–H groups in total. The molecule has 0 bridgehead atoms. The Bertz CT molecular complexity index is 741. The molecule has 0 spiro atoms. The smallest absolute Gasteiger partial charge is 0.360 e. The van der Waals surface area contributed by atoms with E-state index >= 15 is 0 Å². The van der Waals surface area contributed by atoms with E-state index in [4.69, 9.17) is 9.47 Å². The Kier molecular flexibility index (Phi) is 6.81. The zero-order valence-electron chi connectivity index (χ0n) is 15.9. The van der Waals surface area contributed by atoms with Gasteiger partial charge in [-0.2, -0.15) is 19.6 Å². The first-order valence-corrected chi connectivity index (χ1v) is 8.70. The average Bonchev–Trinajstić information content (AvgIpc) is 3.03. The lowest BCUT2D eigenvalue weighted by atomic mass is 10.3. The minimum Gasteiger partial charge on any atom is -0.467 e. The predicted octanol–water partition coefficient (Wildman–Crippen LogP) is 1.57. The molecular formula is C16H25N7O3. The van der Waals surface area contributed by atoms with E-state index in [-0.39, 0.29) is 24.3 Å². The standard InChI is InChI=1S/C16H25N7O3/c1-6-9-22(10-7-2)14-17-15(19-16(18-14)25-5)23-11(4)12(20-21-23)13(24)26-8-3/h6-10H2,1-5H3. The van der Waals surface area contributed by atoms with Crippen LogP contribution < -0.4 is 9.64 Å². The second-order valence-electron chi connectivity index (χ2n) is 5.56. The molecule has 0 atom stereocenters. The Labute approximate surface area is 152 Å². The molecule has 0 aliphatic carbocycles. The van der Waals surface area contributed by atoms with Crippen LogP contribution in [0, 0.1) is 6.92 Å². The fourth-order valence-electron chi connectivity index (χ4n) is 2.42. The number of nitrogens with zero attached hydrogens (tertiary/aromatic N) is 7. The zero-order valence-corrected chi connectivity index (χ0v) is 15.9. The highest BCUT2D eigenvalue weighted by molar-refractivity contribution is 5.88. The van der Waals surface area contributed by atoms with E-state index in [1.807, 2.05) is 0 Å². The van der Waals surface area contributed by atoms with Gasteiger partial charge in [0.25, 0.3) is 5.95 Å². The van der Waals surface area contributed by atoms with Gasteiger partial charge in [0.1, 0.15) is 0 Å². The van der Waals surface area contributed by atoms with E-state index < -0.39 is 5.97 Å². The number of methoxy groups -OCH3 is 1. The van der Waals surface area contributed by atoms with Crippen molar-refractivity contribution in [3.05, 3.63) is 11.4 Å². The van der Waals surface area contributed by atoms with Crippen molar-refractivity contribution in [2.24, 2.45) is 0 Å². The molecule has 0 saturated heterocycles. The van der Waals surface area contributed by atoms with Crippen LogP contribution in [0.5, 0.6) is 6.01 Å². The van der Waals surface area contributed by atoms with E-state index in [1.165, 1.54) is 11.8 Å². The normalized spacial score (nSPS) is 10.7. The first-order valence-electron chi connectivity index (χ1n) is 8.70. The van der Waals surface area contributed by atoms with Crippen LogP contribution in [0.4, 0.5) is 5.95 Å². The van der Waals surface area contributed by atoms with Crippen molar-refractivity contribution >= 4 is 11.9 Å². The largest absolute Gasteiger partial charge is 0.467 e. The maximum atomic E-state index is 12.0. The van der Waals surface area contributed by atoms with Crippen molar-refractivity contribution in [3.63, 3.8) is 0 Å². The molecule has 2 aromatic rings. The summed E-state index contributed by atoms with van der Waals surface area (Å²) in [7, 11) is 1.49. The summed E-state index contributed by atoms with van der Waals surface area (Å²) in [6.45, 7) is 9.51. The highest BCUT2D eigenvalue weighted by Crippen LogP contribution is 2.17. The van der Waals surface area contributed by atoms with Crippen LogP contribution in [0.3, 0.4) is 0 Å². The minimum atomic E-state index is -0.531. The molecule has 10 heteroatoms. The second kappa shape index (κ2) is 9.07. The lowest BCUT2D eigenvalue weighted by molar-refractivity contribution is 0.0518. The Morgan fingerprint density at radius 1 is 1.12 bits per heavy atom. The summed E-state index contributed by atoms with van der Waals surface area (Å²) in [5.41, 5.74) is 0.618. The maximum absolute atomic E-state index is 12.0. The molecule has 0 unspecified atom stereocenters. The van der Waals surface area contributed by atoms with Crippen LogP contribution >= 0.6 is 0 Å².